The molecule has 0 aliphatic carbocycles. The zero-order valence-electron chi connectivity index (χ0n) is 16.3. The van der Waals surface area contributed by atoms with Crippen molar-refractivity contribution < 1.29 is 9.53 Å². The van der Waals surface area contributed by atoms with Crippen LogP contribution in [0.1, 0.15) is 41.4 Å². The minimum Gasteiger partial charge on any atom is -0.381 e. The molecule has 2 aromatic rings. The average Bonchev–Trinajstić information content (AvgIpc) is 3.03. The van der Waals surface area contributed by atoms with Gasteiger partial charge in [0.2, 0.25) is 0 Å². The molecule has 0 bridgehead atoms. The molecule has 1 saturated heterocycles. The third-order valence-electron chi connectivity index (χ3n) is 5.27. The number of benzene rings is 1. The summed E-state index contributed by atoms with van der Waals surface area (Å²) >= 11 is 0. The molecule has 0 saturated carbocycles. The van der Waals surface area contributed by atoms with E-state index in [1.165, 1.54) is 11.1 Å². The summed E-state index contributed by atoms with van der Waals surface area (Å²) in [5.41, 5.74) is 5.10. The van der Waals surface area contributed by atoms with Crippen molar-refractivity contribution in [2.24, 2.45) is 13.0 Å². The Hall–Kier alpha value is -2.14. The predicted octanol–water partition coefficient (Wildman–Crippen LogP) is 3.59. The Bertz CT molecular complexity index is 782. The first-order valence-electron chi connectivity index (χ1n) is 9.48. The highest BCUT2D eigenvalue weighted by Crippen LogP contribution is 2.24. The fourth-order valence-electron chi connectivity index (χ4n) is 3.57. The zero-order chi connectivity index (χ0) is 18.7. The molecule has 5 heteroatoms. The molecule has 2 heterocycles. The van der Waals surface area contributed by atoms with Crippen LogP contribution in [0.15, 0.2) is 24.3 Å². The van der Waals surface area contributed by atoms with Gasteiger partial charge in [-0.1, -0.05) is 12.1 Å². The van der Waals surface area contributed by atoms with Gasteiger partial charge in [0.15, 0.2) is 5.69 Å². The van der Waals surface area contributed by atoms with E-state index in [1.54, 1.807) is 4.68 Å². The lowest BCUT2D eigenvalue weighted by Crippen LogP contribution is -2.41. The second-order valence-electron chi connectivity index (χ2n) is 7.26. The van der Waals surface area contributed by atoms with Crippen molar-refractivity contribution in [1.82, 2.24) is 14.7 Å². The van der Waals surface area contributed by atoms with Gasteiger partial charge < -0.3 is 9.64 Å². The molecule has 0 N–H and O–H groups in total. The minimum atomic E-state index is 0.0249. The maximum atomic E-state index is 12.9. The summed E-state index contributed by atoms with van der Waals surface area (Å²) in [6.07, 6.45) is 2.15. The van der Waals surface area contributed by atoms with Gasteiger partial charge in [-0.15, -0.1) is 0 Å². The Kier molecular flexibility index (Phi) is 5.77. The molecular formula is C21H29N3O2. The van der Waals surface area contributed by atoms with Crippen LogP contribution in [0.3, 0.4) is 0 Å². The van der Waals surface area contributed by atoms with Gasteiger partial charge in [0, 0.05) is 32.3 Å². The highest BCUT2D eigenvalue weighted by molar-refractivity contribution is 5.93. The molecule has 1 aromatic heterocycles. The van der Waals surface area contributed by atoms with Crippen molar-refractivity contribution in [2.75, 3.05) is 26.3 Å². The smallest absolute Gasteiger partial charge is 0.274 e. The van der Waals surface area contributed by atoms with E-state index in [1.807, 2.05) is 24.9 Å². The van der Waals surface area contributed by atoms with Crippen LogP contribution < -0.4 is 0 Å². The van der Waals surface area contributed by atoms with E-state index >= 15 is 0 Å². The van der Waals surface area contributed by atoms with Gasteiger partial charge in [0.05, 0.1) is 12.3 Å². The van der Waals surface area contributed by atoms with Crippen molar-refractivity contribution in [3.8, 4) is 11.3 Å². The number of piperidine rings is 1. The Morgan fingerprint density at radius 3 is 2.81 bits per heavy atom. The first-order valence-corrected chi connectivity index (χ1v) is 9.48. The van der Waals surface area contributed by atoms with Crippen molar-refractivity contribution in [3.63, 3.8) is 0 Å². The van der Waals surface area contributed by atoms with E-state index in [-0.39, 0.29) is 5.91 Å². The molecule has 5 nitrogen and oxygen atoms in total. The van der Waals surface area contributed by atoms with E-state index in [0.717, 1.165) is 50.4 Å². The number of ether oxygens (including phenoxy) is 1. The SMILES string of the molecule is CCOCC1CCCN(C(=O)c2cc(-c3ccc(C)c(C)c3)n(C)n2)C1. The molecule has 140 valence electrons. The largest absolute Gasteiger partial charge is 0.381 e. The van der Waals surface area contributed by atoms with Gasteiger partial charge in [-0.3, -0.25) is 9.48 Å². The number of rotatable bonds is 5. The predicted molar refractivity (Wildman–Crippen MR) is 103 cm³/mol. The Labute approximate surface area is 156 Å². The van der Waals surface area contributed by atoms with Crippen LogP contribution in [0, 0.1) is 19.8 Å². The molecule has 26 heavy (non-hydrogen) atoms. The summed E-state index contributed by atoms with van der Waals surface area (Å²) in [6, 6.07) is 8.27. The molecule has 1 aliphatic heterocycles. The first kappa shape index (κ1) is 18.6. The number of aryl methyl sites for hydroxylation is 3. The normalized spacial score (nSPS) is 17.5. The van der Waals surface area contributed by atoms with Gasteiger partial charge >= 0.3 is 0 Å². The summed E-state index contributed by atoms with van der Waals surface area (Å²) in [7, 11) is 1.90. The van der Waals surface area contributed by atoms with Gasteiger partial charge in [-0.05, 0) is 62.8 Å². The van der Waals surface area contributed by atoms with Crippen molar-refractivity contribution in [2.45, 2.75) is 33.6 Å². The molecule has 0 radical (unpaired) electrons. The number of aromatic nitrogens is 2. The fraction of sp³-hybridized carbons (Fsp3) is 0.524. The van der Waals surface area contributed by atoms with E-state index in [4.69, 9.17) is 4.74 Å². The second kappa shape index (κ2) is 8.04. The zero-order valence-corrected chi connectivity index (χ0v) is 16.3. The highest BCUT2D eigenvalue weighted by Gasteiger charge is 2.26. The highest BCUT2D eigenvalue weighted by atomic mass is 16.5. The lowest BCUT2D eigenvalue weighted by Gasteiger charge is -2.32. The van der Waals surface area contributed by atoms with Crippen molar-refractivity contribution in [3.05, 3.63) is 41.1 Å². The lowest BCUT2D eigenvalue weighted by molar-refractivity contribution is 0.0496. The third-order valence-corrected chi connectivity index (χ3v) is 5.27. The average molecular weight is 355 g/mol. The van der Waals surface area contributed by atoms with Crippen LogP contribution in [-0.2, 0) is 11.8 Å². The van der Waals surface area contributed by atoms with Gasteiger partial charge in [0.25, 0.3) is 5.91 Å². The summed E-state index contributed by atoms with van der Waals surface area (Å²) < 4.78 is 7.36. The number of carbonyl (C=O) groups excluding carboxylic acids is 1. The number of hydrogen-bond acceptors (Lipinski definition) is 3. The maximum absolute atomic E-state index is 12.9. The summed E-state index contributed by atoms with van der Waals surface area (Å²) in [4.78, 5) is 14.9. The third kappa shape index (κ3) is 3.98. The molecule has 1 atom stereocenters. The number of likely N-dealkylation sites (tertiary alicyclic amines) is 1. The molecule has 1 amide bonds. The van der Waals surface area contributed by atoms with Crippen LogP contribution in [-0.4, -0.2) is 46.9 Å². The number of carbonyl (C=O) groups is 1. The summed E-state index contributed by atoms with van der Waals surface area (Å²) in [5.74, 6) is 0.451. The number of hydrogen-bond donors (Lipinski definition) is 0. The number of nitrogens with zero attached hydrogens (tertiary/aromatic N) is 3. The number of amides is 1. The van der Waals surface area contributed by atoms with Gasteiger partial charge in [0.1, 0.15) is 0 Å². The molecular weight excluding hydrogens is 326 g/mol. The van der Waals surface area contributed by atoms with Crippen LogP contribution >= 0.6 is 0 Å². The Morgan fingerprint density at radius 2 is 2.08 bits per heavy atom. The maximum Gasteiger partial charge on any atom is 0.274 e. The monoisotopic (exact) mass is 355 g/mol. The van der Waals surface area contributed by atoms with Gasteiger partial charge in [-0.25, -0.2) is 0 Å². The second-order valence-corrected chi connectivity index (χ2v) is 7.26. The lowest BCUT2D eigenvalue weighted by atomic mass is 9.98. The Morgan fingerprint density at radius 1 is 1.27 bits per heavy atom. The molecule has 3 rings (SSSR count). The molecule has 1 unspecified atom stereocenters. The van der Waals surface area contributed by atoms with E-state index in [2.05, 4.69) is 37.1 Å². The quantitative estimate of drug-likeness (QED) is 0.823. The summed E-state index contributed by atoms with van der Waals surface area (Å²) in [6.45, 7) is 9.24. The molecule has 1 fully saturated rings. The van der Waals surface area contributed by atoms with Gasteiger partial charge in [-0.2, -0.15) is 5.10 Å². The van der Waals surface area contributed by atoms with Crippen LogP contribution in [0.4, 0.5) is 0 Å². The van der Waals surface area contributed by atoms with Crippen LogP contribution in [0.25, 0.3) is 11.3 Å². The first-order chi connectivity index (χ1) is 12.5. The molecule has 0 spiro atoms. The standard InChI is InChI=1S/C21H29N3O2/c1-5-26-14-17-7-6-10-24(13-17)21(25)19-12-20(23(4)22-19)18-9-8-15(2)16(3)11-18/h8-9,11-12,17H,5-7,10,13-14H2,1-4H3. The fourth-order valence-corrected chi connectivity index (χ4v) is 3.57. The van der Waals surface area contributed by atoms with Crippen molar-refractivity contribution in [1.29, 1.82) is 0 Å². The molecule has 1 aromatic carbocycles. The minimum absolute atomic E-state index is 0.0249. The van der Waals surface area contributed by atoms with Crippen LogP contribution in [0.2, 0.25) is 0 Å². The molecule has 1 aliphatic rings. The summed E-state index contributed by atoms with van der Waals surface area (Å²) in [5, 5.41) is 4.50. The Balaban J connectivity index is 1.77. The van der Waals surface area contributed by atoms with E-state index < -0.39 is 0 Å². The van der Waals surface area contributed by atoms with E-state index in [9.17, 15) is 4.79 Å². The van der Waals surface area contributed by atoms with Crippen LogP contribution in [0.5, 0.6) is 0 Å². The van der Waals surface area contributed by atoms with E-state index in [0.29, 0.717) is 11.6 Å². The van der Waals surface area contributed by atoms with Crippen molar-refractivity contribution >= 4 is 5.91 Å². The topological polar surface area (TPSA) is 47.4 Å².